The summed E-state index contributed by atoms with van der Waals surface area (Å²) in [4.78, 5) is 46.7. The standard InChI is InChI=1S/C15H25N3O5/c1-8(2)10(18-14(22)23-7-15(3,4)5)12(20)17-9-6-16-13(21)11(9)19/h8-10H,6-7H2,1-5H3,(H,16,21)(H,17,20)(H,18,22). The third-order valence-electron chi connectivity index (χ3n) is 3.18. The highest BCUT2D eigenvalue weighted by Crippen LogP contribution is 2.13. The average Bonchev–Trinajstić information content (AvgIpc) is 2.73. The molecule has 0 saturated carbocycles. The second-order valence-electron chi connectivity index (χ2n) is 7.14. The van der Waals surface area contributed by atoms with Crippen molar-refractivity contribution in [2.24, 2.45) is 11.3 Å². The normalized spacial score (nSPS) is 19.3. The molecule has 1 fully saturated rings. The maximum absolute atomic E-state index is 12.3. The lowest BCUT2D eigenvalue weighted by atomic mass is 9.99. The number of alkyl carbamates (subject to hydrolysis) is 1. The Morgan fingerprint density at radius 3 is 2.35 bits per heavy atom. The van der Waals surface area contributed by atoms with E-state index >= 15 is 0 Å². The van der Waals surface area contributed by atoms with Crippen LogP contribution in [0.2, 0.25) is 0 Å². The molecule has 1 aliphatic rings. The zero-order valence-electron chi connectivity index (χ0n) is 14.2. The summed E-state index contributed by atoms with van der Waals surface area (Å²) < 4.78 is 5.08. The first kappa shape index (κ1) is 18.9. The molecule has 1 rings (SSSR count). The zero-order valence-corrected chi connectivity index (χ0v) is 14.2. The lowest BCUT2D eigenvalue weighted by Crippen LogP contribution is -2.54. The van der Waals surface area contributed by atoms with Crippen molar-refractivity contribution in [1.29, 1.82) is 0 Å². The number of Topliss-reactive ketones (excluding diaryl/α,β-unsaturated/α-hetero) is 1. The summed E-state index contributed by atoms with van der Waals surface area (Å²) in [5.41, 5.74) is -0.185. The Hall–Kier alpha value is -2.12. The van der Waals surface area contributed by atoms with E-state index in [0.717, 1.165) is 0 Å². The molecule has 1 heterocycles. The van der Waals surface area contributed by atoms with Crippen molar-refractivity contribution in [2.75, 3.05) is 13.2 Å². The van der Waals surface area contributed by atoms with E-state index in [2.05, 4.69) is 16.0 Å². The smallest absolute Gasteiger partial charge is 0.407 e. The molecule has 0 aromatic rings. The predicted octanol–water partition coefficient (Wildman–Crippen LogP) is -0.0330. The SMILES string of the molecule is CC(C)C(NC(=O)OCC(C)(C)C)C(=O)NC1CNC(=O)C1=O. The van der Waals surface area contributed by atoms with E-state index in [1.807, 2.05) is 20.8 Å². The molecule has 0 bridgehead atoms. The number of hydrogen-bond acceptors (Lipinski definition) is 5. The van der Waals surface area contributed by atoms with Gasteiger partial charge < -0.3 is 20.7 Å². The molecule has 3 N–H and O–H groups in total. The van der Waals surface area contributed by atoms with Gasteiger partial charge in [-0.25, -0.2) is 4.79 Å². The molecular weight excluding hydrogens is 302 g/mol. The molecule has 2 atom stereocenters. The molecule has 0 aromatic heterocycles. The van der Waals surface area contributed by atoms with Gasteiger partial charge in [-0.15, -0.1) is 0 Å². The fourth-order valence-electron chi connectivity index (χ4n) is 1.90. The number of rotatable bonds is 5. The van der Waals surface area contributed by atoms with Crippen LogP contribution in [0.4, 0.5) is 4.79 Å². The minimum Gasteiger partial charge on any atom is -0.449 e. The summed E-state index contributed by atoms with van der Waals surface area (Å²) in [7, 11) is 0. The highest BCUT2D eigenvalue weighted by Gasteiger charge is 2.35. The molecule has 2 unspecified atom stereocenters. The van der Waals surface area contributed by atoms with E-state index in [1.54, 1.807) is 13.8 Å². The van der Waals surface area contributed by atoms with Crippen LogP contribution in [0.3, 0.4) is 0 Å². The number of hydrogen-bond donors (Lipinski definition) is 3. The Labute approximate surface area is 135 Å². The highest BCUT2D eigenvalue weighted by molar-refractivity contribution is 6.40. The molecule has 3 amide bonds. The van der Waals surface area contributed by atoms with Crippen LogP contribution in [-0.2, 0) is 19.1 Å². The average molecular weight is 327 g/mol. The lowest BCUT2D eigenvalue weighted by Gasteiger charge is -2.24. The van der Waals surface area contributed by atoms with Crippen LogP contribution >= 0.6 is 0 Å². The largest absolute Gasteiger partial charge is 0.449 e. The van der Waals surface area contributed by atoms with Crippen molar-refractivity contribution < 1.29 is 23.9 Å². The van der Waals surface area contributed by atoms with Crippen LogP contribution < -0.4 is 16.0 Å². The molecule has 8 nitrogen and oxygen atoms in total. The molecule has 0 aliphatic carbocycles. The van der Waals surface area contributed by atoms with Crippen molar-refractivity contribution in [3.05, 3.63) is 0 Å². The number of ether oxygens (including phenoxy) is 1. The molecule has 0 aromatic carbocycles. The third-order valence-corrected chi connectivity index (χ3v) is 3.18. The van der Waals surface area contributed by atoms with Gasteiger partial charge in [0.2, 0.25) is 11.7 Å². The molecule has 1 saturated heterocycles. The fourth-order valence-corrected chi connectivity index (χ4v) is 1.90. The molecule has 23 heavy (non-hydrogen) atoms. The zero-order chi connectivity index (χ0) is 17.8. The lowest BCUT2D eigenvalue weighted by molar-refractivity contribution is -0.136. The van der Waals surface area contributed by atoms with E-state index in [9.17, 15) is 19.2 Å². The van der Waals surface area contributed by atoms with Gasteiger partial charge in [0.25, 0.3) is 5.91 Å². The van der Waals surface area contributed by atoms with Crippen LogP contribution in [0.1, 0.15) is 34.6 Å². The van der Waals surface area contributed by atoms with Gasteiger partial charge in [0.05, 0.1) is 6.61 Å². The van der Waals surface area contributed by atoms with Gasteiger partial charge in [-0.3, -0.25) is 14.4 Å². The van der Waals surface area contributed by atoms with E-state index in [0.29, 0.717) is 0 Å². The van der Waals surface area contributed by atoms with E-state index < -0.39 is 35.8 Å². The summed E-state index contributed by atoms with van der Waals surface area (Å²) in [6.07, 6.45) is -0.694. The summed E-state index contributed by atoms with van der Waals surface area (Å²) >= 11 is 0. The first-order valence-corrected chi connectivity index (χ1v) is 7.57. The fraction of sp³-hybridized carbons (Fsp3) is 0.733. The number of carbonyl (C=O) groups excluding carboxylic acids is 4. The van der Waals surface area contributed by atoms with Crippen LogP contribution in [-0.4, -0.2) is 48.9 Å². The maximum Gasteiger partial charge on any atom is 0.407 e. The first-order chi connectivity index (χ1) is 10.5. The van der Waals surface area contributed by atoms with Gasteiger partial charge in [-0.05, 0) is 11.3 Å². The molecule has 8 heteroatoms. The highest BCUT2D eigenvalue weighted by atomic mass is 16.5. The molecule has 0 spiro atoms. The van der Waals surface area contributed by atoms with Gasteiger partial charge >= 0.3 is 6.09 Å². The Balaban J connectivity index is 2.60. The van der Waals surface area contributed by atoms with Crippen molar-refractivity contribution in [1.82, 2.24) is 16.0 Å². The number of carbonyl (C=O) groups is 4. The van der Waals surface area contributed by atoms with Gasteiger partial charge in [-0.1, -0.05) is 34.6 Å². The Bertz CT molecular complexity index is 496. The number of amides is 3. The Morgan fingerprint density at radius 2 is 1.91 bits per heavy atom. The summed E-state index contributed by atoms with van der Waals surface area (Å²) in [5, 5.41) is 7.33. The summed E-state index contributed by atoms with van der Waals surface area (Å²) in [6, 6.07) is -1.75. The Morgan fingerprint density at radius 1 is 1.30 bits per heavy atom. The third kappa shape index (κ3) is 5.88. The van der Waals surface area contributed by atoms with Gasteiger partial charge in [0, 0.05) is 6.54 Å². The van der Waals surface area contributed by atoms with Crippen LogP contribution in [0.5, 0.6) is 0 Å². The van der Waals surface area contributed by atoms with Crippen molar-refractivity contribution in [2.45, 2.75) is 46.7 Å². The van der Waals surface area contributed by atoms with Gasteiger partial charge in [0.1, 0.15) is 12.1 Å². The van der Waals surface area contributed by atoms with E-state index in [4.69, 9.17) is 4.74 Å². The topological polar surface area (TPSA) is 114 Å². The van der Waals surface area contributed by atoms with Crippen molar-refractivity contribution >= 4 is 23.7 Å². The number of nitrogens with one attached hydrogen (secondary N) is 3. The predicted molar refractivity (Wildman–Crippen MR) is 82.5 cm³/mol. The number of ketones is 1. The first-order valence-electron chi connectivity index (χ1n) is 7.57. The maximum atomic E-state index is 12.3. The van der Waals surface area contributed by atoms with Crippen LogP contribution in [0, 0.1) is 11.3 Å². The summed E-state index contributed by atoms with van der Waals surface area (Å²) in [5.74, 6) is -2.13. The van der Waals surface area contributed by atoms with E-state index in [1.165, 1.54) is 0 Å². The van der Waals surface area contributed by atoms with E-state index in [-0.39, 0.29) is 24.5 Å². The van der Waals surface area contributed by atoms with Crippen LogP contribution in [0.25, 0.3) is 0 Å². The minimum atomic E-state index is -0.899. The quantitative estimate of drug-likeness (QED) is 0.614. The molecule has 0 radical (unpaired) electrons. The van der Waals surface area contributed by atoms with Crippen molar-refractivity contribution in [3.63, 3.8) is 0 Å². The van der Waals surface area contributed by atoms with Crippen LogP contribution in [0.15, 0.2) is 0 Å². The molecule has 1 aliphatic heterocycles. The summed E-state index contributed by atoms with van der Waals surface area (Å²) in [6.45, 7) is 9.55. The van der Waals surface area contributed by atoms with Crippen molar-refractivity contribution in [3.8, 4) is 0 Å². The monoisotopic (exact) mass is 327 g/mol. The van der Waals surface area contributed by atoms with Gasteiger partial charge in [0.15, 0.2) is 0 Å². The second-order valence-corrected chi connectivity index (χ2v) is 7.14. The second kappa shape index (κ2) is 7.43. The Kier molecular flexibility index (Phi) is 6.12. The molecular formula is C15H25N3O5. The minimum absolute atomic E-state index is 0.0582. The molecule has 130 valence electrons. The van der Waals surface area contributed by atoms with Gasteiger partial charge in [-0.2, -0.15) is 0 Å².